The summed E-state index contributed by atoms with van der Waals surface area (Å²) in [5.41, 5.74) is 7.30. The first kappa shape index (κ1) is 11.3. The predicted molar refractivity (Wildman–Crippen MR) is 62.4 cm³/mol. The highest BCUT2D eigenvalue weighted by Crippen LogP contribution is 2.27. The predicted octanol–water partition coefficient (Wildman–Crippen LogP) is 2.61. The molecular weight excluding hydrogens is 221 g/mol. The second kappa shape index (κ2) is 4.37. The maximum absolute atomic E-state index is 13.6. The summed E-state index contributed by atoms with van der Waals surface area (Å²) < 4.78 is 19.0. The van der Waals surface area contributed by atoms with Crippen LogP contribution in [-0.4, -0.2) is 9.97 Å². The second-order valence-corrected chi connectivity index (χ2v) is 3.71. The molecule has 2 aromatic rings. The van der Waals surface area contributed by atoms with Crippen LogP contribution >= 0.6 is 0 Å². The quantitative estimate of drug-likeness (QED) is 0.810. The van der Waals surface area contributed by atoms with Gasteiger partial charge in [0.15, 0.2) is 0 Å². The summed E-state index contributed by atoms with van der Waals surface area (Å²) in [4.78, 5) is 7.49. The first-order valence-corrected chi connectivity index (χ1v) is 5.09. The first-order chi connectivity index (χ1) is 8.08. The molecule has 0 aliphatic rings. The number of aromatic nitrogens is 2. The fraction of sp³-hybridized carbons (Fsp3) is 0.167. The van der Waals surface area contributed by atoms with Crippen molar-refractivity contribution in [3.63, 3.8) is 0 Å². The van der Waals surface area contributed by atoms with E-state index < -0.39 is 5.82 Å². The van der Waals surface area contributed by atoms with Crippen molar-refractivity contribution >= 4 is 5.69 Å². The van der Waals surface area contributed by atoms with E-state index in [0.717, 1.165) is 5.56 Å². The zero-order chi connectivity index (χ0) is 12.4. The van der Waals surface area contributed by atoms with E-state index in [0.29, 0.717) is 11.4 Å². The lowest BCUT2D eigenvalue weighted by Gasteiger charge is -2.09. The first-order valence-electron chi connectivity index (χ1n) is 5.09. The number of hydrogen-bond donors (Lipinski definition) is 1. The van der Waals surface area contributed by atoms with Crippen LogP contribution in [0, 0.1) is 19.7 Å². The van der Waals surface area contributed by atoms with Crippen LogP contribution in [0.5, 0.6) is 11.6 Å². The average molecular weight is 233 g/mol. The van der Waals surface area contributed by atoms with Gasteiger partial charge in [0.25, 0.3) is 5.88 Å². The third kappa shape index (κ3) is 2.33. The topological polar surface area (TPSA) is 61.0 Å². The summed E-state index contributed by atoms with van der Waals surface area (Å²) in [5.74, 6) is -0.164. The molecule has 1 aromatic carbocycles. The fourth-order valence-corrected chi connectivity index (χ4v) is 1.34. The molecule has 0 radical (unpaired) electrons. The molecule has 17 heavy (non-hydrogen) atoms. The Balaban J connectivity index is 2.38. The van der Waals surface area contributed by atoms with Crippen LogP contribution in [-0.2, 0) is 0 Å². The summed E-state index contributed by atoms with van der Waals surface area (Å²) in [6.45, 7) is 3.40. The molecule has 0 bridgehead atoms. The van der Waals surface area contributed by atoms with Crippen molar-refractivity contribution in [1.82, 2.24) is 9.97 Å². The average Bonchev–Trinajstić information content (AvgIpc) is 2.30. The third-order valence-electron chi connectivity index (χ3n) is 2.35. The van der Waals surface area contributed by atoms with Gasteiger partial charge in [-0.15, -0.1) is 0 Å². The summed E-state index contributed by atoms with van der Waals surface area (Å²) in [6, 6.07) is 5.19. The number of halogens is 1. The number of nitrogen functional groups attached to an aromatic ring is 1. The Hall–Kier alpha value is -2.17. The smallest absolute Gasteiger partial charge is 0.259 e. The monoisotopic (exact) mass is 233 g/mol. The minimum atomic E-state index is -0.561. The lowest BCUT2D eigenvalue weighted by molar-refractivity contribution is 0.414. The molecule has 1 aromatic heterocycles. The Kier molecular flexibility index (Phi) is 2.91. The van der Waals surface area contributed by atoms with Gasteiger partial charge in [0.05, 0.1) is 5.69 Å². The molecule has 5 heteroatoms. The lowest BCUT2D eigenvalue weighted by atomic mass is 10.2. The zero-order valence-electron chi connectivity index (χ0n) is 9.57. The molecule has 0 atom stereocenters. The number of anilines is 1. The number of nitrogens with zero attached hydrogens (tertiary/aromatic N) is 2. The van der Waals surface area contributed by atoms with Gasteiger partial charge in [-0.05, 0) is 25.5 Å². The van der Waals surface area contributed by atoms with Crippen LogP contribution in [0.2, 0.25) is 0 Å². The summed E-state index contributed by atoms with van der Waals surface area (Å²) in [5, 5.41) is 0. The number of nitrogens with two attached hydrogens (primary N) is 1. The normalized spacial score (nSPS) is 10.3. The molecule has 0 aliphatic heterocycles. The van der Waals surface area contributed by atoms with E-state index in [1.54, 1.807) is 25.1 Å². The minimum Gasteiger partial charge on any atom is -0.436 e. The molecule has 0 spiro atoms. The number of rotatable bonds is 2. The van der Waals surface area contributed by atoms with Gasteiger partial charge < -0.3 is 10.5 Å². The zero-order valence-corrected chi connectivity index (χ0v) is 9.57. The molecule has 1 heterocycles. The fourth-order valence-electron chi connectivity index (χ4n) is 1.34. The molecule has 0 aliphatic carbocycles. The molecule has 0 saturated carbocycles. The Labute approximate surface area is 98.3 Å². The Bertz CT molecular complexity index is 557. The molecule has 2 N–H and O–H groups in total. The van der Waals surface area contributed by atoms with Gasteiger partial charge in [-0.25, -0.2) is 4.98 Å². The standard InChI is InChI=1S/C12H12FN3O/c1-7-3-4-9(14)5-10(7)17-12-11(13)8(2)15-6-16-12/h3-6H,14H2,1-2H3. The van der Waals surface area contributed by atoms with Crippen molar-refractivity contribution in [1.29, 1.82) is 0 Å². The van der Waals surface area contributed by atoms with E-state index in [1.165, 1.54) is 6.33 Å². The van der Waals surface area contributed by atoms with Gasteiger partial charge in [0, 0.05) is 11.8 Å². The molecule has 2 rings (SSSR count). The van der Waals surface area contributed by atoms with Gasteiger partial charge in [-0.1, -0.05) is 6.07 Å². The van der Waals surface area contributed by atoms with E-state index in [9.17, 15) is 4.39 Å². The van der Waals surface area contributed by atoms with Crippen molar-refractivity contribution in [3.8, 4) is 11.6 Å². The minimum absolute atomic E-state index is 0.0915. The van der Waals surface area contributed by atoms with Gasteiger partial charge in [-0.3, -0.25) is 0 Å². The summed E-state index contributed by atoms with van der Waals surface area (Å²) in [7, 11) is 0. The maximum Gasteiger partial charge on any atom is 0.259 e. The highest BCUT2D eigenvalue weighted by Gasteiger charge is 2.11. The van der Waals surface area contributed by atoms with Crippen LogP contribution in [0.25, 0.3) is 0 Å². The van der Waals surface area contributed by atoms with E-state index in [4.69, 9.17) is 10.5 Å². The SMILES string of the molecule is Cc1ccc(N)cc1Oc1ncnc(C)c1F. The van der Waals surface area contributed by atoms with Crippen molar-refractivity contribution in [2.45, 2.75) is 13.8 Å². The van der Waals surface area contributed by atoms with Crippen LogP contribution in [0.15, 0.2) is 24.5 Å². The van der Waals surface area contributed by atoms with Gasteiger partial charge in [-0.2, -0.15) is 9.37 Å². The molecule has 88 valence electrons. The number of benzene rings is 1. The Morgan fingerprint density at radius 3 is 2.76 bits per heavy atom. The Morgan fingerprint density at radius 1 is 1.24 bits per heavy atom. The molecular formula is C12H12FN3O. The second-order valence-electron chi connectivity index (χ2n) is 3.71. The number of hydrogen-bond acceptors (Lipinski definition) is 4. The van der Waals surface area contributed by atoms with Crippen molar-refractivity contribution < 1.29 is 9.13 Å². The molecule has 4 nitrogen and oxygen atoms in total. The van der Waals surface area contributed by atoms with Gasteiger partial charge in [0.1, 0.15) is 12.1 Å². The van der Waals surface area contributed by atoms with Crippen LogP contribution < -0.4 is 10.5 Å². The summed E-state index contributed by atoms with van der Waals surface area (Å²) in [6.07, 6.45) is 1.26. The molecule has 0 saturated heterocycles. The van der Waals surface area contributed by atoms with Crippen molar-refractivity contribution in [3.05, 3.63) is 41.6 Å². The van der Waals surface area contributed by atoms with E-state index in [1.807, 2.05) is 6.92 Å². The van der Waals surface area contributed by atoms with Gasteiger partial charge in [0.2, 0.25) is 5.82 Å². The van der Waals surface area contributed by atoms with Crippen molar-refractivity contribution in [2.75, 3.05) is 5.73 Å². The van der Waals surface area contributed by atoms with E-state index in [-0.39, 0.29) is 11.6 Å². The molecule has 0 unspecified atom stereocenters. The summed E-state index contributed by atoms with van der Waals surface area (Å²) >= 11 is 0. The van der Waals surface area contributed by atoms with Crippen LogP contribution in [0.1, 0.15) is 11.3 Å². The third-order valence-corrected chi connectivity index (χ3v) is 2.35. The van der Waals surface area contributed by atoms with Crippen LogP contribution in [0.4, 0.5) is 10.1 Å². The maximum atomic E-state index is 13.6. The molecule has 0 fully saturated rings. The van der Waals surface area contributed by atoms with Crippen molar-refractivity contribution in [2.24, 2.45) is 0 Å². The number of aryl methyl sites for hydroxylation is 2. The number of ether oxygens (including phenoxy) is 1. The Morgan fingerprint density at radius 2 is 2.00 bits per heavy atom. The largest absolute Gasteiger partial charge is 0.436 e. The highest BCUT2D eigenvalue weighted by molar-refractivity contribution is 5.49. The van der Waals surface area contributed by atoms with E-state index >= 15 is 0 Å². The lowest BCUT2D eigenvalue weighted by Crippen LogP contribution is -1.98. The van der Waals surface area contributed by atoms with Crippen LogP contribution in [0.3, 0.4) is 0 Å². The van der Waals surface area contributed by atoms with E-state index in [2.05, 4.69) is 9.97 Å². The van der Waals surface area contributed by atoms with Gasteiger partial charge >= 0.3 is 0 Å². The highest BCUT2D eigenvalue weighted by atomic mass is 19.1. The molecule has 0 amide bonds.